The third-order valence-corrected chi connectivity index (χ3v) is 3.10. The third-order valence-electron chi connectivity index (χ3n) is 3.10. The molecule has 0 saturated carbocycles. The molecule has 4 heteroatoms. The summed E-state index contributed by atoms with van der Waals surface area (Å²) < 4.78 is 33.2. The lowest BCUT2D eigenvalue weighted by molar-refractivity contribution is 0.209. The van der Waals surface area contributed by atoms with E-state index in [1.165, 1.54) is 12.1 Å². The van der Waals surface area contributed by atoms with Crippen molar-refractivity contribution in [2.45, 2.75) is 44.8 Å². The van der Waals surface area contributed by atoms with E-state index in [4.69, 9.17) is 10.5 Å². The smallest absolute Gasteiger partial charge is 0.191 e. The molecule has 0 spiro atoms. The van der Waals surface area contributed by atoms with Crippen LogP contribution in [0, 0.1) is 11.6 Å². The number of hydrogen-bond donors (Lipinski definition) is 1. The minimum atomic E-state index is -0.658. The predicted octanol–water partition coefficient (Wildman–Crippen LogP) is 3.34. The molecule has 2 rings (SSSR count). The van der Waals surface area contributed by atoms with Gasteiger partial charge in [-0.15, -0.1) is 0 Å². The number of benzene rings is 1. The van der Waals surface area contributed by atoms with E-state index in [0.29, 0.717) is 12.0 Å². The fourth-order valence-corrected chi connectivity index (χ4v) is 2.25. The predicted molar refractivity (Wildman–Crippen MR) is 71.1 cm³/mol. The number of nitrogens with two attached hydrogens (primary N) is 1. The summed E-state index contributed by atoms with van der Waals surface area (Å²) in [6.07, 6.45) is 6.81. The van der Waals surface area contributed by atoms with E-state index in [-0.39, 0.29) is 17.9 Å². The Bertz CT molecular complexity index is 448. The Balaban J connectivity index is 2.16. The quantitative estimate of drug-likeness (QED) is 0.849. The van der Waals surface area contributed by atoms with E-state index >= 15 is 0 Å². The molecule has 2 atom stereocenters. The van der Waals surface area contributed by atoms with Gasteiger partial charge in [0.15, 0.2) is 17.4 Å². The van der Waals surface area contributed by atoms with Crippen LogP contribution in [0.25, 0.3) is 0 Å². The average Bonchev–Trinajstić information content (AvgIpc) is 2.34. The van der Waals surface area contributed by atoms with Crippen LogP contribution in [-0.2, 0) is 6.42 Å². The van der Waals surface area contributed by atoms with E-state index in [9.17, 15) is 8.78 Å². The first-order valence-corrected chi connectivity index (χ1v) is 6.63. The van der Waals surface area contributed by atoms with Crippen molar-refractivity contribution in [3.05, 3.63) is 41.5 Å². The summed E-state index contributed by atoms with van der Waals surface area (Å²) in [5.74, 6) is -1.60. The summed E-state index contributed by atoms with van der Waals surface area (Å²) >= 11 is 0. The standard InChI is InChI=1S/C15H19F2NO/c1-10(18)7-11-8-13(16)15(14(17)9-11)19-12-5-3-2-4-6-12/h3,5,8-10,12H,2,4,6-7,18H2,1H3. The molecule has 104 valence electrons. The molecular formula is C15H19F2NO. The van der Waals surface area contributed by atoms with E-state index in [1.807, 2.05) is 12.2 Å². The molecule has 1 aliphatic rings. The van der Waals surface area contributed by atoms with Gasteiger partial charge in [0.1, 0.15) is 6.10 Å². The molecule has 0 radical (unpaired) electrons. The summed E-state index contributed by atoms with van der Waals surface area (Å²) in [5, 5.41) is 0. The molecule has 1 aromatic carbocycles. The molecule has 0 heterocycles. The van der Waals surface area contributed by atoms with Crippen molar-refractivity contribution < 1.29 is 13.5 Å². The largest absolute Gasteiger partial charge is 0.480 e. The number of rotatable bonds is 4. The van der Waals surface area contributed by atoms with Gasteiger partial charge in [-0.3, -0.25) is 0 Å². The zero-order chi connectivity index (χ0) is 13.8. The minimum Gasteiger partial charge on any atom is -0.480 e. The Hall–Kier alpha value is -1.42. The number of ether oxygens (including phenoxy) is 1. The molecule has 2 unspecified atom stereocenters. The fourth-order valence-electron chi connectivity index (χ4n) is 2.25. The molecular weight excluding hydrogens is 248 g/mol. The van der Waals surface area contributed by atoms with Gasteiger partial charge in [0, 0.05) is 6.04 Å². The maximum Gasteiger partial charge on any atom is 0.191 e. The van der Waals surface area contributed by atoms with Crippen molar-refractivity contribution in [3.63, 3.8) is 0 Å². The molecule has 0 saturated heterocycles. The SMILES string of the molecule is CC(N)Cc1cc(F)c(OC2C=CCCC2)c(F)c1. The zero-order valence-electron chi connectivity index (χ0n) is 11.0. The molecule has 0 bridgehead atoms. The van der Waals surface area contributed by atoms with Gasteiger partial charge in [-0.05, 0) is 56.4 Å². The molecule has 0 aromatic heterocycles. The number of allylic oxidation sites excluding steroid dienone is 1. The zero-order valence-corrected chi connectivity index (χ0v) is 11.0. The van der Waals surface area contributed by atoms with Crippen molar-refractivity contribution in [3.8, 4) is 5.75 Å². The van der Waals surface area contributed by atoms with Gasteiger partial charge in [0.2, 0.25) is 0 Å². The summed E-state index contributed by atoms with van der Waals surface area (Å²) in [6.45, 7) is 1.80. The van der Waals surface area contributed by atoms with Gasteiger partial charge in [-0.25, -0.2) is 8.78 Å². The maximum absolute atomic E-state index is 13.9. The maximum atomic E-state index is 13.9. The fraction of sp³-hybridized carbons (Fsp3) is 0.467. The number of hydrogen-bond acceptors (Lipinski definition) is 2. The molecule has 0 aliphatic heterocycles. The van der Waals surface area contributed by atoms with Crippen molar-refractivity contribution in [2.75, 3.05) is 0 Å². The minimum absolute atomic E-state index is 0.133. The monoisotopic (exact) mass is 267 g/mol. The van der Waals surface area contributed by atoms with Gasteiger partial charge < -0.3 is 10.5 Å². The highest BCUT2D eigenvalue weighted by molar-refractivity contribution is 5.32. The lowest BCUT2D eigenvalue weighted by Crippen LogP contribution is -2.19. The Kier molecular flexibility index (Phi) is 4.53. The van der Waals surface area contributed by atoms with Crippen LogP contribution in [0.3, 0.4) is 0 Å². The van der Waals surface area contributed by atoms with Crippen LogP contribution < -0.4 is 10.5 Å². The second-order valence-corrected chi connectivity index (χ2v) is 5.09. The number of halogens is 2. The summed E-state index contributed by atoms with van der Waals surface area (Å²) in [7, 11) is 0. The average molecular weight is 267 g/mol. The second kappa shape index (κ2) is 6.15. The Morgan fingerprint density at radius 1 is 1.37 bits per heavy atom. The summed E-state index contributed by atoms with van der Waals surface area (Å²) in [6, 6.07) is 2.47. The van der Waals surface area contributed by atoms with E-state index < -0.39 is 11.6 Å². The van der Waals surface area contributed by atoms with Crippen LogP contribution in [0.4, 0.5) is 8.78 Å². The van der Waals surface area contributed by atoms with Crippen LogP contribution in [0.5, 0.6) is 5.75 Å². The van der Waals surface area contributed by atoms with E-state index in [0.717, 1.165) is 19.3 Å². The molecule has 1 aliphatic carbocycles. The van der Waals surface area contributed by atoms with Crippen molar-refractivity contribution in [1.82, 2.24) is 0 Å². The molecule has 0 fully saturated rings. The van der Waals surface area contributed by atoms with Crippen LogP contribution >= 0.6 is 0 Å². The highest BCUT2D eigenvalue weighted by atomic mass is 19.1. The van der Waals surface area contributed by atoms with E-state index in [1.54, 1.807) is 6.92 Å². The van der Waals surface area contributed by atoms with Crippen molar-refractivity contribution in [1.29, 1.82) is 0 Å². The van der Waals surface area contributed by atoms with E-state index in [2.05, 4.69) is 0 Å². The molecule has 19 heavy (non-hydrogen) atoms. The lowest BCUT2D eigenvalue weighted by atomic mass is 10.0. The molecule has 2 nitrogen and oxygen atoms in total. The van der Waals surface area contributed by atoms with Crippen molar-refractivity contribution >= 4 is 0 Å². The van der Waals surface area contributed by atoms with Crippen LogP contribution in [0.1, 0.15) is 31.7 Å². The first kappa shape index (κ1) is 14.0. The summed E-state index contributed by atoms with van der Waals surface area (Å²) in [4.78, 5) is 0. The first-order chi connectivity index (χ1) is 9.06. The summed E-state index contributed by atoms with van der Waals surface area (Å²) in [5.41, 5.74) is 6.18. The second-order valence-electron chi connectivity index (χ2n) is 5.09. The lowest BCUT2D eigenvalue weighted by Gasteiger charge is -2.19. The van der Waals surface area contributed by atoms with Gasteiger partial charge >= 0.3 is 0 Å². The van der Waals surface area contributed by atoms with Crippen LogP contribution in [0.15, 0.2) is 24.3 Å². The van der Waals surface area contributed by atoms with Gasteiger partial charge in [0.05, 0.1) is 0 Å². The Morgan fingerprint density at radius 3 is 2.58 bits per heavy atom. The third kappa shape index (κ3) is 3.77. The van der Waals surface area contributed by atoms with Crippen molar-refractivity contribution in [2.24, 2.45) is 5.73 Å². The first-order valence-electron chi connectivity index (χ1n) is 6.63. The molecule has 0 amide bonds. The highest BCUT2D eigenvalue weighted by Gasteiger charge is 2.18. The van der Waals surface area contributed by atoms with Gasteiger partial charge in [-0.1, -0.05) is 6.08 Å². The van der Waals surface area contributed by atoms with Gasteiger partial charge in [0.25, 0.3) is 0 Å². The Morgan fingerprint density at radius 2 is 2.05 bits per heavy atom. The van der Waals surface area contributed by atoms with Crippen LogP contribution in [-0.4, -0.2) is 12.1 Å². The highest BCUT2D eigenvalue weighted by Crippen LogP contribution is 2.27. The topological polar surface area (TPSA) is 35.2 Å². The molecule has 2 N–H and O–H groups in total. The van der Waals surface area contributed by atoms with Gasteiger partial charge in [-0.2, -0.15) is 0 Å². The van der Waals surface area contributed by atoms with Crippen LogP contribution in [0.2, 0.25) is 0 Å². The Labute approximate surface area is 112 Å². The molecule has 1 aromatic rings. The normalized spacial score (nSPS) is 20.3.